The molecule has 6 nitrogen and oxygen atoms in total. The van der Waals surface area contributed by atoms with Crippen LogP contribution in [0.2, 0.25) is 0 Å². The monoisotopic (exact) mass is 292 g/mol. The Balaban J connectivity index is 2.43. The molecule has 0 aliphatic carbocycles. The minimum absolute atomic E-state index is 0.151. The molecule has 3 N–H and O–H groups in total. The lowest BCUT2D eigenvalue weighted by Crippen LogP contribution is -2.38. The number of aromatic nitrogens is 1. The second-order valence-corrected chi connectivity index (χ2v) is 5.37. The molecule has 116 valence electrons. The van der Waals surface area contributed by atoms with E-state index in [1.165, 1.54) is 0 Å². The van der Waals surface area contributed by atoms with E-state index in [9.17, 15) is 4.79 Å². The van der Waals surface area contributed by atoms with E-state index in [-0.39, 0.29) is 11.4 Å². The highest BCUT2D eigenvalue weighted by Crippen LogP contribution is 2.19. The average molecular weight is 292 g/mol. The van der Waals surface area contributed by atoms with Gasteiger partial charge in [-0.2, -0.15) is 0 Å². The topological polar surface area (TPSA) is 84.3 Å². The van der Waals surface area contributed by atoms with Gasteiger partial charge in [-0.15, -0.1) is 0 Å². The Morgan fingerprint density at radius 3 is 2.90 bits per heavy atom. The van der Waals surface area contributed by atoms with Crippen molar-refractivity contribution in [2.75, 3.05) is 26.8 Å². The van der Waals surface area contributed by atoms with Gasteiger partial charge in [0, 0.05) is 45.5 Å². The van der Waals surface area contributed by atoms with E-state index in [0.717, 1.165) is 43.7 Å². The van der Waals surface area contributed by atoms with Gasteiger partial charge in [-0.3, -0.25) is 15.1 Å². The Morgan fingerprint density at radius 1 is 1.52 bits per heavy atom. The normalized spacial score (nSPS) is 15.0. The van der Waals surface area contributed by atoms with E-state index < -0.39 is 0 Å². The van der Waals surface area contributed by atoms with Crippen LogP contribution in [-0.4, -0.2) is 42.1 Å². The van der Waals surface area contributed by atoms with Crippen molar-refractivity contribution in [2.45, 2.75) is 32.9 Å². The smallest absolute Gasteiger partial charge is 0.261 e. The molecule has 1 aliphatic rings. The van der Waals surface area contributed by atoms with Gasteiger partial charge in [0.25, 0.3) is 5.56 Å². The highest BCUT2D eigenvalue weighted by atomic mass is 16.5. The van der Waals surface area contributed by atoms with Crippen molar-refractivity contribution >= 4 is 5.84 Å². The van der Waals surface area contributed by atoms with Gasteiger partial charge in [0.15, 0.2) is 0 Å². The summed E-state index contributed by atoms with van der Waals surface area (Å²) < 4.78 is 6.86. The Bertz CT molecular complexity index is 580. The van der Waals surface area contributed by atoms with Gasteiger partial charge in [0.1, 0.15) is 5.84 Å². The molecule has 0 atom stereocenters. The molecule has 6 heteroatoms. The lowest BCUT2D eigenvalue weighted by molar-refractivity contribution is 0.189. The maximum absolute atomic E-state index is 12.5. The second kappa shape index (κ2) is 6.87. The number of rotatable bonds is 6. The molecular formula is C15H24N4O2. The minimum atomic E-state index is -0.156. The van der Waals surface area contributed by atoms with Crippen molar-refractivity contribution in [1.29, 1.82) is 5.41 Å². The zero-order valence-electron chi connectivity index (χ0n) is 12.8. The van der Waals surface area contributed by atoms with Crippen LogP contribution in [0.5, 0.6) is 0 Å². The summed E-state index contributed by atoms with van der Waals surface area (Å²) in [5, 5.41) is 7.62. The van der Waals surface area contributed by atoms with Crippen LogP contribution in [0.3, 0.4) is 0 Å². The third-order valence-electron chi connectivity index (χ3n) is 4.02. The van der Waals surface area contributed by atoms with Crippen LogP contribution in [0.15, 0.2) is 10.9 Å². The van der Waals surface area contributed by atoms with Crippen molar-refractivity contribution in [1.82, 2.24) is 9.47 Å². The second-order valence-electron chi connectivity index (χ2n) is 5.37. The number of nitrogens with one attached hydrogen (secondary N) is 1. The SMILES string of the molecule is CCN1CCc2c(cc(C(=N)N)c(=O)n2CCCOC)C1. The fraction of sp³-hybridized carbons (Fsp3) is 0.600. The number of methoxy groups -OCH3 is 1. The van der Waals surface area contributed by atoms with Crippen LogP contribution in [-0.2, 0) is 24.2 Å². The van der Waals surface area contributed by atoms with Gasteiger partial charge >= 0.3 is 0 Å². The number of nitrogens with two attached hydrogens (primary N) is 1. The third kappa shape index (κ3) is 3.33. The molecule has 0 bridgehead atoms. The van der Waals surface area contributed by atoms with Gasteiger partial charge in [-0.25, -0.2) is 0 Å². The number of fused-ring (bicyclic) bond motifs is 1. The third-order valence-corrected chi connectivity index (χ3v) is 4.02. The lowest BCUT2D eigenvalue weighted by atomic mass is 10.0. The van der Waals surface area contributed by atoms with Crippen LogP contribution in [0.4, 0.5) is 0 Å². The molecule has 0 fully saturated rings. The highest BCUT2D eigenvalue weighted by Gasteiger charge is 2.21. The Hall–Kier alpha value is -1.66. The minimum Gasteiger partial charge on any atom is -0.385 e. The van der Waals surface area contributed by atoms with Gasteiger partial charge < -0.3 is 15.0 Å². The molecule has 2 heterocycles. The molecule has 0 saturated carbocycles. The molecule has 0 spiro atoms. The maximum atomic E-state index is 12.5. The summed E-state index contributed by atoms with van der Waals surface area (Å²) in [6, 6.07) is 1.80. The molecule has 0 aromatic carbocycles. The number of nitrogen functional groups attached to an aromatic ring is 1. The fourth-order valence-electron chi connectivity index (χ4n) is 2.84. The summed E-state index contributed by atoms with van der Waals surface area (Å²) in [6.07, 6.45) is 1.64. The molecule has 2 rings (SSSR count). The van der Waals surface area contributed by atoms with E-state index in [2.05, 4.69) is 11.8 Å². The lowest BCUT2D eigenvalue weighted by Gasteiger charge is -2.30. The first-order valence-corrected chi connectivity index (χ1v) is 7.39. The van der Waals surface area contributed by atoms with Crippen LogP contribution >= 0.6 is 0 Å². The molecular weight excluding hydrogens is 268 g/mol. The first-order chi connectivity index (χ1) is 10.1. The quantitative estimate of drug-likeness (QED) is 0.455. The van der Waals surface area contributed by atoms with Crippen molar-refractivity contribution in [3.05, 3.63) is 33.2 Å². The first kappa shape index (κ1) is 15.7. The predicted octanol–water partition coefficient (Wildman–Crippen LogP) is 0.547. The number of ether oxygens (including phenoxy) is 1. The zero-order chi connectivity index (χ0) is 15.4. The standard InChI is InChI=1S/C15H24N4O2/c1-3-18-7-5-13-11(10-18)9-12(14(16)17)15(20)19(13)6-4-8-21-2/h9H,3-8,10H2,1-2H3,(H3,16,17). The largest absolute Gasteiger partial charge is 0.385 e. The average Bonchev–Trinajstić information content (AvgIpc) is 2.48. The van der Waals surface area contributed by atoms with Gasteiger partial charge in [-0.05, 0) is 24.6 Å². The van der Waals surface area contributed by atoms with E-state index in [4.69, 9.17) is 15.9 Å². The summed E-state index contributed by atoms with van der Waals surface area (Å²) in [7, 11) is 1.66. The molecule has 0 unspecified atom stereocenters. The summed E-state index contributed by atoms with van der Waals surface area (Å²) in [5.74, 6) is -0.156. The summed E-state index contributed by atoms with van der Waals surface area (Å²) in [4.78, 5) is 14.8. The maximum Gasteiger partial charge on any atom is 0.261 e. The Kier molecular flexibility index (Phi) is 5.14. The summed E-state index contributed by atoms with van der Waals surface area (Å²) in [5.41, 5.74) is 7.93. The van der Waals surface area contributed by atoms with Crippen LogP contribution < -0.4 is 11.3 Å². The summed E-state index contributed by atoms with van der Waals surface area (Å²) in [6.45, 7) is 6.13. The molecule has 21 heavy (non-hydrogen) atoms. The van der Waals surface area contributed by atoms with E-state index in [1.54, 1.807) is 17.7 Å². The number of hydrogen-bond donors (Lipinski definition) is 2. The number of amidine groups is 1. The van der Waals surface area contributed by atoms with Gasteiger partial charge in [0.2, 0.25) is 0 Å². The van der Waals surface area contributed by atoms with Crippen LogP contribution in [0.25, 0.3) is 0 Å². The summed E-state index contributed by atoms with van der Waals surface area (Å²) >= 11 is 0. The number of likely N-dealkylation sites (N-methyl/N-ethyl adjacent to an activating group) is 1. The van der Waals surface area contributed by atoms with E-state index in [1.807, 2.05) is 0 Å². The molecule has 0 amide bonds. The van der Waals surface area contributed by atoms with Gasteiger partial charge in [-0.1, -0.05) is 6.92 Å². The van der Waals surface area contributed by atoms with Crippen molar-refractivity contribution in [3.8, 4) is 0 Å². The van der Waals surface area contributed by atoms with Crippen molar-refractivity contribution in [3.63, 3.8) is 0 Å². The Morgan fingerprint density at radius 2 is 2.29 bits per heavy atom. The zero-order valence-corrected chi connectivity index (χ0v) is 12.8. The number of hydrogen-bond acceptors (Lipinski definition) is 4. The number of pyridine rings is 1. The first-order valence-electron chi connectivity index (χ1n) is 7.39. The Labute approximate surface area is 125 Å². The molecule has 1 aliphatic heterocycles. The molecule has 1 aromatic heterocycles. The fourth-order valence-corrected chi connectivity index (χ4v) is 2.84. The molecule has 0 radical (unpaired) electrons. The van der Waals surface area contributed by atoms with Crippen molar-refractivity contribution in [2.24, 2.45) is 5.73 Å². The van der Waals surface area contributed by atoms with Crippen LogP contribution in [0, 0.1) is 5.41 Å². The highest BCUT2D eigenvalue weighted by molar-refractivity contribution is 5.94. The predicted molar refractivity (Wildman–Crippen MR) is 82.9 cm³/mol. The molecule has 0 saturated heterocycles. The number of nitrogens with zero attached hydrogens (tertiary/aromatic N) is 2. The van der Waals surface area contributed by atoms with Crippen molar-refractivity contribution < 1.29 is 4.74 Å². The van der Waals surface area contributed by atoms with Crippen LogP contribution in [0.1, 0.15) is 30.2 Å². The van der Waals surface area contributed by atoms with Gasteiger partial charge in [0.05, 0.1) is 5.56 Å². The molecule has 1 aromatic rings. The van der Waals surface area contributed by atoms with E-state index >= 15 is 0 Å². The van der Waals surface area contributed by atoms with E-state index in [0.29, 0.717) is 18.7 Å².